The van der Waals surface area contributed by atoms with Crippen LogP contribution in [0, 0.1) is 5.82 Å². The SMILES string of the molecule is CCN(CC)CCNC(=O)Nc1ccc(C(=O)NCc2ccc(F)cc2)cc1. The second kappa shape index (κ2) is 11.0. The summed E-state index contributed by atoms with van der Waals surface area (Å²) in [6.07, 6.45) is 0. The zero-order valence-corrected chi connectivity index (χ0v) is 16.3. The minimum atomic E-state index is -0.310. The monoisotopic (exact) mass is 386 g/mol. The maximum Gasteiger partial charge on any atom is 0.319 e. The van der Waals surface area contributed by atoms with Crippen LogP contribution in [-0.2, 0) is 6.54 Å². The van der Waals surface area contributed by atoms with Crippen LogP contribution in [0.3, 0.4) is 0 Å². The van der Waals surface area contributed by atoms with Gasteiger partial charge in [-0.15, -0.1) is 0 Å². The molecule has 0 bridgehead atoms. The van der Waals surface area contributed by atoms with E-state index in [0.717, 1.165) is 25.2 Å². The van der Waals surface area contributed by atoms with Crippen molar-refractivity contribution in [1.82, 2.24) is 15.5 Å². The van der Waals surface area contributed by atoms with Gasteiger partial charge in [0.1, 0.15) is 5.82 Å². The van der Waals surface area contributed by atoms with E-state index < -0.39 is 0 Å². The van der Waals surface area contributed by atoms with Crippen molar-refractivity contribution in [2.75, 3.05) is 31.5 Å². The molecule has 6 nitrogen and oxygen atoms in total. The highest BCUT2D eigenvalue weighted by molar-refractivity contribution is 5.95. The van der Waals surface area contributed by atoms with Gasteiger partial charge in [-0.2, -0.15) is 0 Å². The Bertz CT molecular complexity index is 759. The first-order chi connectivity index (χ1) is 13.5. The Kier molecular flexibility index (Phi) is 8.42. The number of amides is 3. The fraction of sp³-hybridized carbons (Fsp3) is 0.333. The van der Waals surface area contributed by atoms with Gasteiger partial charge in [0, 0.05) is 30.9 Å². The average molecular weight is 386 g/mol. The van der Waals surface area contributed by atoms with Gasteiger partial charge in [0.15, 0.2) is 0 Å². The lowest BCUT2D eigenvalue weighted by Crippen LogP contribution is -2.36. The molecule has 3 N–H and O–H groups in total. The van der Waals surface area contributed by atoms with Gasteiger partial charge in [0.25, 0.3) is 5.91 Å². The van der Waals surface area contributed by atoms with Gasteiger partial charge in [0.2, 0.25) is 0 Å². The summed E-state index contributed by atoms with van der Waals surface area (Å²) in [6.45, 7) is 7.75. The van der Waals surface area contributed by atoms with Crippen LogP contribution in [0.4, 0.5) is 14.9 Å². The molecule has 0 heterocycles. The van der Waals surface area contributed by atoms with Crippen LogP contribution in [-0.4, -0.2) is 43.0 Å². The van der Waals surface area contributed by atoms with Gasteiger partial charge >= 0.3 is 6.03 Å². The second-order valence-corrected chi connectivity index (χ2v) is 6.29. The lowest BCUT2D eigenvalue weighted by molar-refractivity contribution is 0.0951. The summed E-state index contributed by atoms with van der Waals surface area (Å²) in [4.78, 5) is 26.3. The Morgan fingerprint density at radius 3 is 2.18 bits per heavy atom. The van der Waals surface area contributed by atoms with Gasteiger partial charge in [-0.05, 0) is 55.1 Å². The first-order valence-corrected chi connectivity index (χ1v) is 9.41. The van der Waals surface area contributed by atoms with Crippen molar-refractivity contribution in [2.45, 2.75) is 20.4 Å². The number of hydrogen-bond donors (Lipinski definition) is 3. The quantitative estimate of drug-likeness (QED) is 0.620. The molecule has 0 fully saturated rings. The highest BCUT2D eigenvalue weighted by Crippen LogP contribution is 2.10. The standard InChI is InChI=1S/C21H27FN4O2/c1-3-26(4-2)14-13-23-21(28)25-19-11-7-17(8-12-19)20(27)24-15-16-5-9-18(22)10-6-16/h5-12H,3-4,13-15H2,1-2H3,(H,24,27)(H2,23,25,28). The maximum atomic E-state index is 12.9. The highest BCUT2D eigenvalue weighted by atomic mass is 19.1. The number of rotatable bonds is 9. The molecule has 0 aliphatic rings. The van der Waals surface area contributed by atoms with Crippen molar-refractivity contribution in [3.05, 3.63) is 65.5 Å². The molecular weight excluding hydrogens is 359 g/mol. The summed E-state index contributed by atoms with van der Waals surface area (Å²) in [5.74, 6) is -0.546. The zero-order chi connectivity index (χ0) is 20.4. The molecule has 150 valence electrons. The van der Waals surface area contributed by atoms with Crippen molar-refractivity contribution in [1.29, 1.82) is 0 Å². The number of anilines is 1. The Morgan fingerprint density at radius 2 is 1.57 bits per heavy atom. The lowest BCUT2D eigenvalue weighted by atomic mass is 10.1. The summed E-state index contributed by atoms with van der Waals surface area (Å²) in [7, 11) is 0. The topological polar surface area (TPSA) is 73.5 Å². The van der Waals surface area contributed by atoms with E-state index in [1.165, 1.54) is 12.1 Å². The molecular formula is C21H27FN4O2. The Balaban J connectivity index is 1.77. The van der Waals surface area contributed by atoms with E-state index in [-0.39, 0.29) is 17.8 Å². The van der Waals surface area contributed by atoms with E-state index in [2.05, 4.69) is 34.7 Å². The van der Waals surface area contributed by atoms with Gasteiger partial charge < -0.3 is 20.9 Å². The summed E-state index contributed by atoms with van der Waals surface area (Å²) in [5, 5.41) is 8.34. The van der Waals surface area contributed by atoms with Crippen LogP contribution in [0.15, 0.2) is 48.5 Å². The van der Waals surface area contributed by atoms with Crippen molar-refractivity contribution < 1.29 is 14.0 Å². The molecule has 3 amide bonds. The molecule has 0 unspecified atom stereocenters. The maximum absolute atomic E-state index is 12.9. The number of hydrogen-bond acceptors (Lipinski definition) is 3. The lowest BCUT2D eigenvalue weighted by Gasteiger charge is -2.18. The third-order valence-electron chi connectivity index (χ3n) is 4.38. The fourth-order valence-corrected chi connectivity index (χ4v) is 2.63. The number of nitrogens with zero attached hydrogens (tertiary/aromatic N) is 1. The molecule has 2 aromatic carbocycles. The zero-order valence-electron chi connectivity index (χ0n) is 16.3. The molecule has 0 aliphatic heterocycles. The Morgan fingerprint density at radius 1 is 0.929 bits per heavy atom. The molecule has 2 rings (SSSR count). The molecule has 0 aromatic heterocycles. The van der Waals surface area contributed by atoms with Gasteiger partial charge in [-0.3, -0.25) is 4.79 Å². The average Bonchev–Trinajstić information content (AvgIpc) is 2.71. The number of nitrogens with one attached hydrogen (secondary N) is 3. The first kappa shape index (κ1) is 21.4. The van der Waals surface area contributed by atoms with Crippen LogP contribution in [0.2, 0.25) is 0 Å². The molecule has 0 saturated carbocycles. The Labute approximate surface area is 165 Å². The predicted molar refractivity (Wildman–Crippen MR) is 109 cm³/mol. The number of carbonyl (C=O) groups excluding carboxylic acids is 2. The number of halogens is 1. The molecule has 0 atom stereocenters. The van der Waals surface area contributed by atoms with Crippen LogP contribution in [0.5, 0.6) is 0 Å². The van der Waals surface area contributed by atoms with E-state index >= 15 is 0 Å². The predicted octanol–water partition coefficient (Wildman–Crippen LogP) is 3.22. The molecule has 0 saturated heterocycles. The van der Waals surface area contributed by atoms with Gasteiger partial charge in [-0.1, -0.05) is 26.0 Å². The van der Waals surface area contributed by atoms with Crippen LogP contribution >= 0.6 is 0 Å². The molecule has 2 aromatic rings. The van der Waals surface area contributed by atoms with Crippen molar-refractivity contribution in [2.24, 2.45) is 0 Å². The largest absolute Gasteiger partial charge is 0.348 e. The van der Waals surface area contributed by atoms with E-state index in [1.807, 2.05) is 0 Å². The normalized spacial score (nSPS) is 10.6. The third-order valence-corrected chi connectivity index (χ3v) is 4.38. The molecule has 7 heteroatoms. The number of carbonyl (C=O) groups is 2. The minimum Gasteiger partial charge on any atom is -0.348 e. The first-order valence-electron chi connectivity index (χ1n) is 9.41. The summed E-state index contributed by atoms with van der Waals surface area (Å²) < 4.78 is 12.9. The number of likely N-dealkylation sites (N-methyl/N-ethyl adjacent to an activating group) is 1. The van der Waals surface area contributed by atoms with Crippen LogP contribution < -0.4 is 16.0 Å². The third kappa shape index (κ3) is 7.00. The van der Waals surface area contributed by atoms with Gasteiger partial charge in [0.05, 0.1) is 0 Å². The Hall–Kier alpha value is -2.93. The van der Waals surface area contributed by atoms with E-state index in [0.29, 0.717) is 24.3 Å². The van der Waals surface area contributed by atoms with Crippen LogP contribution in [0.1, 0.15) is 29.8 Å². The molecule has 28 heavy (non-hydrogen) atoms. The molecule has 0 aliphatic carbocycles. The van der Waals surface area contributed by atoms with E-state index in [9.17, 15) is 14.0 Å². The summed E-state index contributed by atoms with van der Waals surface area (Å²) in [5.41, 5.74) is 1.90. The minimum absolute atomic E-state index is 0.237. The summed E-state index contributed by atoms with van der Waals surface area (Å²) >= 11 is 0. The smallest absolute Gasteiger partial charge is 0.319 e. The highest BCUT2D eigenvalue weighted by Gasteiger charge is 2.07. The van der Waals surface area contributed by atoms with Crippen molar-refractivity contribution in [3.63, 3.8) is 0 Å². The van der Waals surface area contributed by atoms with Crippen molar-refractivity contribution >= 4 is 17.6 Å². The number of urea groups is 1. The molecule has 0 spiro atoms. The fourth-order valence-electron chi connectivity index (χ4n) is 2.63. The van der Waals surface area contributed by atoms with E-state index in [4.69, 9.17) is 0 Å². The number of benzene rings is 2. The van der Waals surface area contributed by atoms with Crippen LogP contribution in [0.25, 0.3) is 0 Å². The van der Waals surface area contributed by atoms with E-state index in [1.54, 1.807) is 36.4 Å². The second-order valence-electron chi connectivity index (χ2n) is 6.29. The summed E-state index contributed by atoms with van der Waals surface area (Å²) in [6, 6.07) is 12.3. The molecule has 0 radical (unpaired) electrons. The van der Waals surface area contributed by atoms with Gasteiger partial charge in [-0.25, -0.2) is 9.18 Å². The van der Waals surface area contributed by atoms with Crippen molar-refractivity contribution in [3.8, 4) is 0 Å².